The summed E-state index contributed by atoms with van der Waals surface area (Å²) in [5, 5.41) is 5.15. The van der Waals surface area contributed by atoms with E-state index >= 15 is 0 Å². The van der Waals surface area contributed by atoms with Gasteiger partial charge in [0.2, 0.25) is 0 Å². The van der Waals surface area contributed by atoms with E-state index in [9.17, 15) is 9.59 Å². The number of hydrogen-bond donors (Lipinski definition) is 0. The van der Waals surface area contributed by atoms with Gasteiger partial charge in [0.25, 0.3) is 0 Å². The summed E-state index contributed by atoms with van der Waals surface area (Å²) in [5.74, 6) is -1.81. The van der Waals surface area contributed by atoms with E-state index in [-0.39, 0.29) is 18.1 Å². The Balaban J connectivity index is 1.96. The minimum absolute atomic E-state index is 0.229. The second-order valence-electron chi connectivity index (χ2n) is 6.38. The lowest BCUT2D eigenvalue weighted by atomic mass is 9.97. The number of aromatic nitrogens is 3. The molecule has 142 valence electrons. The molecular formula is C20H16ClN3O4. The van der Waals surface area contributed by atoms with Gasteiger partial charge in [-0.3, -0.25) is 9.59 Å². The lowest BCUT2D eigenvalue weighted by molar-refractivity contribution is -0.145. The molecule has 2 aromatic heterocycles. The Morgan fingerprint density at radius 1 is 1.29 bits per heavy atom. The van der Waals surface area contributed by atoms with E-state index in [2.05, 4.69) is 10.1 Å². The van der Waals surface area contributed by atoms with E-state index in [0.717, 1.165) is 11.1 Å². The maximum atomic E-state index is 12.5. The number of cyclic esters (lactones) is 1. The molecule has 7 nitrogen and oxygen atoms in total. The van der Waals surface area contributed by atoms with Gasteiger partial charge in [0, 0.05) is 24.4 Å². The Labute approximate surface area is 165 Å². The molecule has 0 radical (unpaired) electrons. The van der Waals surface area contributed by atoms with Gasteiger partial charge in [0.05, 0.1) is 23.6 Å². The normalized spacial score (nSPS) is 17.0. The van der Waals surface area contributed by atoms with Gasteiger partial charge in [-0.05, 0) is 30.7 Å². The molecule has 28 heavy (non-hydrogen) atoms. The number of ketones is 1. The average molecular weight is 398 g/mol. The van der Waals surface area contributed by atoms with Gasteiger partial charge in [-0.2, -0.15) is 5.10 Å². The summed E-state index contributed by atoms with van der Waals surface area (Å²) in [6.45, 7) is 1.79. The van der Waals surface area contributed by atoms with E-state index in [1.165, 1.54) is 10.6 Å². The maximum Gasteiger partial charge on any atom is 0.328 e. The van der Waals surface area contributed by atoms with Crippen LogP contribution < -0.4 is 0 Å². The molecule has 8 heteroatoms. The summed E-state index contributed by atoms with van der Waals surface area (Å²) in [6, 6.07) is 8.89. The second kappa shape index (κ2) is 7.18. The number of esters is 1. The zero-order valence-corrected chi connectivity index (χ0v) is 15.9. The molecule has 0 aliphatic carbocycles. The maximum absolute atomic E-state index is 12.5. The number of rotatable bonds is 4. The minimum Gasteiger partial charge on any atom is -0.430 e. The molecular weight excluding hydrogens is 382 g/mol. The molecule has 0 N–H and O–H groups in total. The topological polar surface area (TPSA) is 82.8 Å². The summed E-state index contributed by atoms with van der Waals surface area (Å²) in [6.07, 6.45) is 2.86. The molecule has 1 atom stereocenters. The summed E-state index contributed by atoms with van der Waals surface area (Å²) in [7, 11) is 1.57. The summed E-state index contributed by atoms with van der Waals surface area (Å²) in [5.41, 5.74) is 3.04. The van der Waals surface area contributed by atoms with Crippen molar-refractivity contribution in [1.82, 2.24) is 14.6 Å². The fourth-order valence-corrected chi connectivity index (χ4v) is 3.51. The Kier molecular flexibility index (Phi) is 4.70. The molecule has 3 heterocycles. The fourth-order valence-electron chi connectivity index (χ4n) is 3.32. The van der Waals surface area contributed by atoms with Crippen LogP contribution in [-0.2, 0) is 25.7 Å². The van der Waals surface area contributed by atoms with Crippen molar-refractivity contribution in [2.75, 3.05) is 7.11 Å². The second-order valence-corrected chi connectivity index (χ2v) is 6.82. The van der Waals surface area contributed by atoms with Crippen LogP contribution >= 0.6 is 11.6 Å². The van der Waals surface area contributed by atoms with Crippen LogP contribution in [0.1, 0.15) is 24.2 Å². The molecule has 0 saturated heterocycles. The first-order chi connectivity index (χ1) is 13.5. The predicted molar refractivity (Wildman–Crippen MR) is 102 cm³/mol. The molecule has 0 unspecified atom stereocenters. The van der Waals surface area contributed by atoms with Crippen LogP contribution in [0.5, 0.6) is 0 Å². The van der Waals surface area contributed by atoms with Crippen molar-refractivity contribution in [2.45, 2.75) is 19.4 Å². The van der Waals surface area contributed by atoms with Gasteiger partial charge in [-0.15, -0.1) is 0 Å². The average Bonchev–Trinajstić information content (AvgIpc) is 3.00. The van der Waals surface area contributed by atoms with Crippen molar-refractivity contribution < 1.29 is 19.1 Å². The molecule has 1 aromatic carbocycles. The largest absolute Gasteiger partial charge is 0.430 e. The van der Waals surface area contributed by atoms with Crippen molar-refractivity contribution >= 4 is 29.0 Å². The number of fused-ring (bicyclic) bond motifs is 1. The van der Waals surface area contributed by atoms with Gasteiger partial charge < -0.3 is 9.47 Å². The molecule has 1 aliphatic heterocycles. The summed E-state index contributed by atoms with van der Waals surface area (Å²) >= 11 is 6.16. The van der Waals surface area contributed by atoms with Gasteiger partial charge in [-0.1, -0.05) is 23.7 Å². The lowest BCUT2D eigenvalue weighted by Crippen LogP contribution is -2.28. The van der Waals surface area contributed by atoms with Crippen LogP contribution in [0, 0.1) is 0 Å². The van der Waals surface area contributed by atoms with Crippen molar-refractivity contribution in [3.8, 4) is 11.1 Å². The number of nitrogens with zero attached hydrogens (tertiary/aromatic N) is 3. The van der Waals surface area contributed by atoms with Gasteiger partial charge >= 0.3 is 5.97 Å². The van der Waals surface area contributed by atoms with Crippen molar-refractivity contribution in [3.05, 3.63) is 64.8 Å². The molecule has 0 spiro atoms. The van der Waals surface area contributed by atoms with Crippen LogP contribution in [0.3, 0.4) is 0 Å². The summed E-state index contributed by atoms with van der Waals surface area (Å²) in [4.78, 5) is 29.3. The van der Waals surface area contributed by atoms with Crippen LogP contribution in [-0.4, -0.2) is 33.5 Å². The molecule has 4 rings (SSSR count). The smallest absolute Gasteiger partial charge is 0.328 e. The number of allylic oxidation sites excluding steroid dienone is 2. The molecule has 0 saturated carbocycles. The van der Waals surface area contributed by atoms with Crippen molar-refractivity contribution in [2.24, 2.45) is 0 Å². The number of halogens is 1. The van der Waals surface area contributed by atoms with Crippen LogP contribution in [0.25, 0.3) is 16.8 Å². The number of benzene rings is 1. The van der Waals surface area contributed by atoms with E-state index in [1.807, 2.05) is 12.1 Å². The first kappa shape index (κ1) is 18.3. The number of carbonyl (C=O) groups excluding carboxylic acids is 2. The third-order valence-corrected chi connectivity index (χ3v) is 4.67. The summed E-state index contributed by atoms with van der Waals surface area (Å²) < 4.78 is 11.9. The highest BCUT2D eigenvalue weighted by Gasteiger charge is 2.35. The number of methoxy groups -OCH3 is 1. The zero-order chi connectivity index (χ0) is 19.8. The predicted octanol–water partition coefficient (Wildman–Crippen LogP) is 3.31. The zero-order valence-electron chi connectivity index (χ0n) is 15.2. The highest BCUT2D eigenvalue weighted by Crippen LogP contribution is 2.32. The monoisotopic (exact) mass is 397 g/mol. The van der Waals surface area contributed by atoms with Crippen molar-refractivity contribution in [1.29, 1.82) is 0 Å². The first-order valence-corrected chi connectivity index (χ1v) is 8.92. The quantitative estimate of drug-likeness (QED) is 0.496. The molecule has 0 bridgehead atoms. The van der Waals surface area contributed by atoms with E-state index in [4.69, 9.17) is 21.1 Å². The molecule has 0 amide bonds. The van der Waals surface area contributed by atoms with Gasteiger partial charge in [0.15, 0.2) is 17.3 Å². The Bertz CT molecular complexity index is 1140. The van der Waals surface area contributed by atoms with E-state index in [0.29, 0.717) is 22.1 Å². The standard InChI is InChI=1S/C20H16ClN3O4/c1-11-8-16(25)18(20(26)28-11)15-6-7-22-19-17(12-4-3-5-13(21)9-12)14(10-27-2)23-24(15)19/h3-9,18H,10H2,1-2H3/t18-/m0/s1. The van der Waals surface area contributed by atoms with E-state index < -0.39 is 11.9 Å². The first-order valence-electron chi connectivity index (χ1n) is 8.55. The third kappa shape index (κ3) is 3.08. The van der Waals surface area contributed by atoms with Crippen LogP contribution in [0.2, 0.25) is 5.02 Å². The molecule has 3 aromatic rings. The molecule has 1 aliphatic rings. The Morgan fingerprint density at radius 2 is 2.11 bits per heavy atom. The van der Waals surface area contributed by atoms with Crippen molar-refractivity contribution in [3.63, 3.8) is 0 Å². The third-order valence-electron chi connectivity index (χ3n) is 4.44. The molecule has 0 fully saturated rings. The van der Waals surface area contributed by atoms with Crippen LogP contribution in [0.4, 0.5) is 0 Å². The highest BCUT2D eigenvalue weighted by molar-refractivity contribution is 6.30. The number of carbonyl (C=O) groups is 2. The Morgan fingerprint density at radius 3 is 2.82 bits per heavy atom. The van der Waals surface area contributed by atoms with E-state index in [1.54, 1.807) is 38.4 Å². The lowest BCUT2D eigenvalue weighted by Gasteiger charge is -2.18. The van der Waals surface area contributed by atoms with Gasteiger partial charge in [-0.25, -0.2) is 9.50 Å². The Hall–Kier alpha value is -3.03. The number of hydrogen-bond acceptors (Lipinski definition) is 6. The highest BCUT2D eigenvalue weighted by atomic mass is 35.5. The minimum atomic E-state index is -1.10. The SMILES string of the molecule is COCc1nn2c([C@H]3C(=O)C=C(C)OC3=O)ccnc2c1-c1cccc(Cl)c1. The van der Waals surface area contributed by atoms with Crippen LogP contribution in [0.15, 0.2) is 48.4 Å². The number of ether oxygens (including phenoxy) is 2. The van der Waals surface area contributed by atoms with Gasteiger partial charge in [0.1, 0.15) is 5.76 Å². The fraction of sp³-hybridized carbons (Fsp3) is 0.200.